The summed E-state index contributed by atoms with van der Waals surface area (Å²) in [5.74, 6) is 1.16. The molecule has 0 atom stereocenters. The van der Waals surface area contributed by atoms with E-state index in [1.165, 1.54) is 0 Å². The average molecular weight is 288 g/mol. The minimum atomic E-state index is 0.0351. The van der Waals surface area contributed by atoms with E-state index in [1.54, 1.807) is 11.3 Å². The zero-order valence-corrected chi connectivity index (χ0v) is 12.4. The van der Waals surface area contributed by atoms with E-state index in [0.717, 1.165) is 29.5 Å². The minimum Gasteiger partial charge on any atom is -0.451 e. The summed E-state index contributed by atoms with van der Waals surface area (Å²) in [6.45, 7) is 6.08. The third-order valence-electron chi connectivity index (χ3n) is 3.39. The summed E-state index contributed by atoms with van der Waals surface area (Å²) in [4.78, 5) is 18.6. The van der Waals surface area contributed by atoms with E-state index in [1.807, 2.05) is 23.6 Å². The molecule has 3 rings (SSSR count). The number of nitrogens with zero attached hydrogens (tertiary/aromatic N) is 2. The Kier molecular flexibility index (Phi) is 3.44. The second-order valence-corrected chi connectivity index (χ2v) is 5.45. The van der Waals surface area contributed by atoms with Crippen molar-refractivity contribution in [1.29, 1.82) is 0 Å². The molecule has 1 aliphatic carbocycles. The molecule has 0 aliphatic heterocycles. The number of hydrogen-bond donors (Lipinski definition) is 0. The Labute approximate surface area is 121 Å². The smallest absolute Gasteiger partial charge is 0.202 e. The van der Waals surface area contributed by atoms with Crippen LogP contribution in [0.2, 0.25) is 0 Å². The third kappa shape index (κ3) is 2.18. The number of allylic oxidation sites excluding steroid dienone is 1. The third-order valence-corrected chi connectivity index (χ3v) is 4.29. The molecule has 1 aliphatic rings. The minimum absolute atomic E-state index is 0.0351. The van der Waals surface area contributed by atoms with Crippen LogP contribution in [0.25, 0.3) is 17.5 Å². The van der Waals surface area contributed by atoms with Crippen molar-refractivity contribution in [2.45, 2.75) is 20.3 Å². The van der Waals surface area contributed by atoms with Crippen LogP contribution in [0.5, 0.6) is 0 Å². The number of thiazole rings is 1. The van der Waals surface area contributed by atoms with Gasteiger partial charge in [0.15, 0.2) is 16.7 Å². The summed E-state index contributed by atoms with van der Waals surface area (Å²) < 4.78 is 5.69. The van der Waals surface area contributed by atoms with E-state index in [2.05, 4.69) is 23.7 Å². The summed E-state index contributed by atoms with van der Waals surface area (Å²) in [7, 11) is 0. The number of anilines is 1. The average Bonchev–Trinajstić information content (AvgIpc) is 3.07. The molecule has 0 bridgehead atoms. The zero-order valence-electron chi connectivity index (χ0n) is 11.5. The van der Waals surface area contributed by atoms with E-state index < -0.39 is 0 Å². The predicted octanol–water partition coefficient (Wildman–Crippen LogP) is 3.85. The molecule has 5 heteroatoms. The van der Waals surface area contributed by atoms with Crippen molar-refractivity contribution in [1.82, 2.24) is 4.98 Å². The van der Waals surface area contributed by atoms with Crippen molar-refractivity contribution >= 4 is 28.3 Å². The van der Waals surface area contributed by atoms with Crippen molar-refractivity contribution in [2.24, 2.45) is 0 Å². The van der Waals surface area contributed by atoms with Gasteiger partial charge in [0.1, 0.15) is 5.69 Å². The van der Waals surface area contributed by atoms with Gasteiger partial charge in [-0.15, -0.1) is 11.3 Å². The number of furan rings is 1. The molecule has 0 radical (unpaired) electrons. The fourth-order valence-electron chi connectivity index (χ4n) is 2.28. The Bertz CT molecular complexity index is 665. The van der Waals surface area contributed by atoms with E-state index in [-0.39, 0.29) is 5.78 Å². The Morgan fingerprint density at radius 1 is 1.40 bits per heavy atom. The number of carbonyl (C=O) groups is 1. The van der Waals surface area contributed by atoms with Crippen LogP contribution in [0.3, 0.4) is 0 Å². The van der Waals surface area contributed by atoms with Gasteiger partial charge in [-0.3, -0.25) is 4.79 Å². The Balaban J connectivity index is 1.94. The van der Waals surface area contributed by atoms with Crippen molar-refractivity contribution in [3.05, 3.63) is 28.8 Å². The van der Waals surface area contributed by atoms with Gasteiger partial charge in [-0.2, -0.15) is 0 Å². The first-order valence-electron chi connectivity index (χ1n) is 6.77. The van der Waals surface area contributed by atoms with Crippen LogP contribution < -0.4 is 4.90 Å². The van der Waals surface area contributed by atoms with Crippen LogP contribution in [0, 0.1) is 0 Å². The lowest BCUT2D eigenvalue weighted by Gasteiger charge is -2.16. The monoisotopic (exact) mass is 288 g/mol. The normalized spacial score (nSPS) is 13.6. The van der Waals surface area contributed by atoms with Crippen LogP contribution in [-0.2, 0) is 0 Å². The Morgan fingerprint density at radius 2 is 2.20 bits per heavy atom. The number of hydrogen-bond acceptors (Lipinski definition) is 5. The van der Waals surface area contributed by atoms with Gasteiger partial charge in [0.25, 0.3) is 0 Å². The molecule has 20 heavy (non-hydrogen) atoms. The number of Topliss-reactive ketones (excluding diaryl/α,β-unsaturated/α-hetero) is 1. The molecule has 0 amide bonds. The first-order chi connectivity index (χ1) is 9.72. The summed E-state index contributed by atoms with van der Waals surface area (Å²) in [5.41, 5.74) is 1.65. The standard InChI is InChI=1S/C15H16N2O2S/c1-3-17(4-2)15-16-11(9-20-15)13-8-10-6-5-7-12(18)14(10)19-13/h5-6,8-9H,3-4,7H2,1-2H3. The SMILES string of the molecule is CCN(CC)c1nc(-c2cc3c(o2)C(=O)CC=C3)cs1. The van der Waals surface area contributed by atoms with Gasteiger partial charge in [0.05, 0.1) is 0 Å². The van der Waals surface area contributed by atoms with Crippen LogP contribution in [0.4, 0.5) is 5.13 Å². The van der Waals surface area contributed by atoms with Crippen LogP contribution in [0.15, 0.2) is 21.9 Å². The quantitative estimate of drug-likeness (QED) is 0.857. The number of aromatic nitrogens is 1. The molecular formula is C15H16N2O2S. The van der Waals surface area contributed by atoms with Crippen LogP contribution in [0.1, 0.15) is 36.4 Å². The lowest BCUT2D eigenvalue weighted by atomic mass is 10.0. The lowest BCUT2D eigenvalue weighted by molar-refractivity contribution is 0.0968. The van der Waals surface area contributed by atoms with Crippen molar-refractivity contribution in [3.8, 4) is 11.5 Å². The lowest BCUT2D eigenvalue weighted by Crippen LogP contribution is -2.21. The molecule has 0 fully saturated rings. The maximum absolute atomic E-state index is 11.8. The highest BCUT2D eigenvalue weighted by atomic mass is 32.1. The van der Waals surface area contributed by atoms with Gasteiger partial charge in [0, 0.05) is 30.5 Å². The fourth-order valence-corrected chi connectivity index (χ4v) is 3.22. The maximum atomic E-state index is 11.8. The summed E-state index contributed by atoms with van der Waals surface area (Å²) in [6, 6.07) is 1.89. The van der Waals surface area contributed by atoms with Crippen LogP contribution in [-0.4, -0.2) is 23.9 Å². The second-order valence-electron chi connectivity index (χ2n) is 4.61. The second kappa shape index (κ2) is 5.25. The molecule has 2 aromatic rings. The van der Waals surface area contributed by atoms with E-state index in [4.69, 9.17) is 4.42 Å². The highest BCUT2D eigenvalue weighted by molar-refractivity contribution is 7.14. The fraction of sp³-hybridized carbons (Fsp3) is 0.333. The molecule has 2 aromatic heterocycles. The molecule has 0 aromatic carbocycles. The van der Waals surface area contributed by atoms with Gasteiger partial charge in [-0.05, 0) is 19.9 Å². The number of ketones is 1. The Morgan fingerprint density at radius 3 is 2.90 bits per heavy atom. The zero-order chi connectivity index (χ0) is 14.1. The van der Waals surface area contributed by atoms with Crippen molar-refractivity contribution in [3.63, 3.8) is 0 Å². The van der Waals surface area contributed by atoms with E-state index in [0.29, 0.717) is 17.9 Å². The number of fused-ring (bicyclic) bond motifs is 1. The van der Waals surface area contributed by atoms with Crippen molar-refractivity contribution in [2.75, 3.05) is 18.0 Å². The largest absolute Gasteiger partial charge is 0.451 e. The molecule has 0 spiro atoms. The highest BCUT2D eigenvalue weighted by Gasteiger charge is 2.21. The van der Waals surface area contributed by atoms with Crippen molar-refractivity contribution < 1.29 is 9.21 Å². The molecular weight excluding hydrogens is 272 g/mol. The van der Waals surface area contributed by atoms with E-state index >= 15 is 0 Å². The van der Waals surface area contributed by atoms with E-state index in [9.17, 15) is 4.79 Å². The number of carbonyl (C=O) groups excluding carboxylic acids is 1. The molecule has 4 nitrogen and oxygen atoms in total. The van der Waals surface area contributed by atoms with Gasteiger partial charge < -0.3 is 9.32 Å². The first-order valence-corrected chi connectivity index (χ1v) is 7.65. The molecule has 104 valence electrons. The van der Waals surface area contributed by atoms with Crippen LogP contribution >= 0.6 is 11.3 Å². The Hall–Kier alpha value is -1.88. The summed E-state index contributed by atoms with van der Waals surface area (Å²) >= 11 is 1.60. The molecule has 0 saturated heterocycles. The first kappa shape index (κ1) is 13.1. The van der Waals surface area contributed by atoms with Gasteiger partial charge in [-0.25, -0.2) is 4.98 Å². The number of rotatable bonds is 4. The molecule has 0 unspecified atom stereocenters. The van der Waals surface area contributed by atoms with Gasteiger partial charge in [0.2, 0.25) is 5.78 Å². The molecule has 0 saturated carbocycles. The molecule has 0 N–H and O–H groups in total. The topological polar surface area (TPSA) is 46.3 Å². The maximum Gasteiger partial charge on any atom is 0.202 e. The predicted molar refractivity (Wildman–Crippen MR) is 81.4 cm³/mol. The van der Waals surface area contributed by atoms with Gasteiger partial charge in [-0.1, -0.05) is 12.2 Å². The summed E-state index contributed by atoms with van der Waals surface area (Å²) in [6.07, 6.45) is 4.22. The molecule has 2 heterocycles. The highest BCUT2D eigenvalue weighted by Crippen LogP contribution is 2.32. The summed E-state index contributed by atoms with van der Waals surface area (Å²) in [5, 5.41) is 2.97. The van der Waals surface area contributed by atoms with Gasteiger partial charge >= 0.3 is 0 Å².